The molecule has 0 fully saturated rings. The lowest BCUT2D eigenvalue weighted by molar-refractivity contribution is 1.10. The summed E-state index contributed by atoms with van der Waals surface area (Å²) in [6.45, 7) is 2.14. The molecule has 0 nitrogen and oxygen atoms in total. The average Bonchev–Trinajstić information content (AvgIpc) is 2.04. The molecule has 0 unspecified atom stereocenters. The number of hydrogen-bond donors (Lipinski definition) is 0. The summed E-state index contributed by atoms with van der Waals surface area (Å²) in [7, 11) is 0. The van der Waals surface area contributed by atoms with Crippen molar-refractivity contribution >= 4 is 35.0 Å². The van der Waals surface area contributed by atoms with Crippen molar-refractivity contribution in [1.82, 2.24) is 0 Å². The zero-order chi connectivity index (χ0) is 8.97. The van der Waals surface area contributed by atoms with Crippen molar-refractivity contribution in [3.05, 3.63) is 28.2 Å². The van der Waals surface area contributed by atoms with E-state index in [4.69, 9.17) is 23.2 Å². The minimum atomic E-state index is 0.751. The first kappa shape index (κ1) is 10.2. The molecule has 0 atom stereocenters. The smallest absolute Gasteiger partial charge is 0.0556 e. The van der Waals surface area contributed by atoms with Gasteiger partial charge in [0.2, 0.25) is 0 Å². The molecular formula is C9H10Cl2S. The van der Waals surface area contributed by atoms with Crippen LogP contribution in [-0.4, -0.2) is 5.75 Å². The summed E-state index contributed by atoms with van der Waals surface area (Å²) in [5, 5.41) is 1.50. The minimum absolute atomic E-state index is 0.751. The van der Waals surface area contributed by atoms with Gasteiger partial charge in [-0.2, -0.15) is 0 Å². The van der Waals surface area contributed by atoms with E-state index in [1.165, 1.54) is 0 Å². The molecule has 0 aromatic heterocycles. The third-order valence-corrected chi connectivity index (χ3v) is 3.56. The molecule has 0 saturated carbocycles. The van der Waals surface area contributed by atoms with Crippen LogP contribution in [0.5, 0.6) is 0 Å². The maximum Gasteiger partial charge on any atom is 0.0556 e. The first-order valence-corrected chi connectivity index (χ1v) is 5.56. The van der Waals surface area contributed by atoms with Gasteiger partial charge in [0, 0.05) is 4.90 Å². The van der Waals surface area contributed by atoms with Gasteiger partial charge in [0.25, 0.3) is 0 Å². The zero-order valence-corrected chi connectivity index (χ0v) is 9.14. The van der Waals surface area contributed by atoms with Crippen molar-refractivity contribution in [1.29, 1.82) is 0 Å². The Bertz CT molecular complexity index is 240. The van der Waals surface area contributed by atoms with Crippen molar-refractivity contribution in [2.75, 3.05) is 5.75 Å². The number of halogens is 2. The average molecular weight is 221 g/mol. The molecule has 0 spiro atoms. The molecule has 0 aliphatic rings. The van der Waals surface area contributed by atoms with Gasteiger partial charge >= 0.3 is 0 Å². The quantitative estimate of drug-likeness (QED) is 0.677. The topological polar surface area (TPSA) is 0 Å². The van der Waals surface area contributed by atoms with Crippen LogP contribution in [0.2, 0.25) is 10.0 Å². The summed E-state index contributed by atoms with van der Waals surface area (Å²) in [6, 6.07) is 5.59. The van der Waals surface area contributed by atoms with Gasteiger partial charge < -0.3 is 0 Å². The second kappa shape index (κ2) is 5.00. The van der Waals surface area contributed by atoms with Crippen molar-refractivity contribution in [3.63, 3.8) is 0 Å². The lowest BCUT2D eigenvalue weighted by Crippen LogP contribution is -1.79. The zero-order valence-electron chi connectivity index (χ0n) is 6.81. The van der Waals surface area contributed by atoms with Crippen LogP contribution < -0.4 is 0 Å². The highest BCUT2D eigenvalue weighted by molar-refractivity contribution is 7.99. The monoisotopic (exact) mass is 220 g/mol. The van der Waals surface area contributed by atoms with Gasteiger partial charge in [-0.05, 0) is 24.3 Å². The molecule has 1 rings (SSSR count). The normalized spacial score (nSPS) is 10.2. The second-order valence-corrected chi connectivity index (χ2v) is 4.32. The second-order valence-electron chi connectivity index (χ2n) is 2.40. The molecule has 0 N–H and O–H groups in total. The van der Waals surface area contributed by atoms with Gasteiger partial charge in [0.05, 0.1) is 10.0 Å². The predicted molar refractivity (Wildman–Crippen MR) is 57.5 cm³/mol. The molecule has 0 saturated heterocycles. The van der Waals surface area contributed by atoms with Crippen LogP contribution in [-0.2, 0) is 0 Å². The van der Waals surface area contributed by atoms with E-state index in [2.05, 4.69) is 6.92 Å². The Balaban J connectivity index is 2.81. The third-order valence-electron chi connectivity index (χ3n) is 1.37. The van der Waals surface area contributed by atoms with E-state index in [1.807, 2.05) is 18.2 Å². The van der Waals surface area contributed by atoms with E-state index in [1.54, 1.807) is 11.8 Å². The summed E-state index contributed by atoms with van der Waals surface area (Å²) < 4.78 is 0. The standard InChI is InChI=1S/C9H10Cl2S/c1-2-6-12-9-7(10)4-3-5-8(9)11/h3-5H,2,6H2,1H3. The number of rotatable bonds is 3. The molecule has 66 valence electrons. The summed E-state index contributed by atoms with van der Waals surface area (Å²) >= 11 is 13.6. The Morgan fingerprint density at radius 2 is 1.83 bits per heavy atom. The fraction of sp³-hybridized carbons (Fsp3) is 0.333. The molecule has 0 amide bonds. The van der Waals surface area contributed by atoms with Crippen LogP contribution in [0.4, 0.5) is 0 Å². The van der Waals surface area contributed by atoms with Gasteiger partial charge in [-0.1, -0.05) is 36.2 Å². The van der Waals surface area contributed by atoms with E-state index >= 15 is 0 Å². The van der Waals surface area contributed by atoms with Crippen LogP contribution in [0.15, 0.2) is 23.1 Å². The summed E-state index contributed by atoms with van der Waals surface area (Å²) in [5.41, 5.74) is 0. The summed E-state index contributed by atoms with van der Waals surface area (Å²) in [5.74, 6) is 1.06. The van der Waals surface area contributed by atoms with E-state index < -0.39 is 0 Å². The Morgan fingerprint density at radius 3 is 2.33 bits per heavy atom. The predicted octanol–water partition coefficient (Wildman–Crippen LogP) is 4.50. The maximum absolute atomic E-state index is 5.96. The first-order valence-electron chi connectivity index (χ1n) is 3.82. The summed E-state index contributed by atoms with van der Waals surface area (Å²) in [4.78, 5) is 1.00. The molecule has 3 heteroatoms. The van der Waals surface area contributed by atoms with Crippen molar-refractivity contribution in [2.24, 2.45) is 0 Å². The first-order chi connectivity index (χ1) is 5.75. The number of benzene rings is 1. The van der Waals surface area contributed by atoms with Crippen LogP contribution >= 0.6 is 35.0 Å². The van der Waals surface area contributed by atoms with Gasteiger partial charge in [0.1, 0.15) is 0 Å². The molecule has 1 aromatic rings. The number of hydrogen-bond acceptors (Lipinski definition) is 1. The maximum atomic E-state index is 5.96. The van der Waals surface area contributed by atoms with Crippen molar-refractivity contribution in [2.45, 2.75) is 18.2 Å². The van der Waals surface area contributed by atoms with Gasteiger partial charge in [-0.25, -0.2) is 0 Å². The van der Waals surface area contributed by atoms with Gasteiger partial charge in [-0.3, -0.25) is 0 Å². The largest absolute Gasteiger partial charge is 0.123 e. The van der Waals surface area contributed by atoms with Crippen LogP contribution in [0, 0.1) is 0 Å². The highest BCUT2D eigenvalue weighted by atomic mass is 35.5. The highest BCUT2D eigenvalue weighted by Crippen LogP contribution is 2.33. The fourth-order valence-corrected chi connectivity index (χ4v) is 2.37. The lowest BCUT2D eigenvalue weighted by atomic mass is 10.4. The third kappa shape index (κ3) is 2.58. The Labute approximate surface area is 87.3 Å². The van der Waals surface area contributed by atoms with Gasteiger partial charge in [0.15, 0.2) is 0 Å². The van der Waals surface area contributed by atoms with Crippen molar-refractivity contribution < 1.29 is 0 Å². The molecule has 0 aliphatic carbocycles. The van der Waals surface area contributed by atoms with E-state index in [-0.39, 0.29) is 0 Å². The Morgan fingerprint density at radius 1 is 1.25 bits per heavy atom. The molecule has 0 bridgehead atoms. The van der Waals surface area contributed by atoms with Crippen LogP contribution in [0.3, 0.4) is 0 Å². The summed E-state index contributed by atoms with van der Waals surface area (Å²) in [6.07, 6.45) is 1.13. The molecule has 1 aromatic carbocycles. The molecule has 0 radical (unpaired) electrons. The molecule has 0 heterocycles. The molecule has 0 aliphatic heterocycles. The lowest BCUT2D eigenvalue weighted by Gasteiger charge is -2.04. The van der Waals surface area contributed by atoms with Crippen molar-refractivity contribution in [3.8, 4) is 0 Å². The molecule has 12 heavy (non-hydrogen) atoms. The Kier molecular flexibility index (Phi) is 4.27. The fourth-order valence-electron chi connectivity index (χ4n) is 0.825. The van der Waals surface area contributed by atoms with E-state index in [0.29, 0.717) is 0 Å². The number of thioether (sulfide) groups is 1. The van der Waals surface area contributed by atoms with Crippen LogP contribution in [0.25, 0.3) is 0 Å². The van der Waals surface area contributed by atoms with Crippen LogP contribution in [0.1, 0.15) is 13.3 Å². The SMILES string of the molecule is CCCSc1c(Cl)cccc1Cl. The van der Waals surface area contributed by atoms with E-state index in [9.17, 15) is 0 Å². The highest BCUT2D eigenvalue weighted by Gasteiger charge is 2.04. The Hall–Kier alpha value is 0.150. The van der Waals surface area contributed by atoms with Gasteiger partial charge in [-0.15, -0.1) is 11.8 Å². The minimum Gasteiger partial charge on any atom is -0.123 e. The molecular weight excluding hydrogens is 211 g/mol. The van der Waals surface area contributed by atoms with E-state index in [0.717, 1.165) is 27.1 Å².